The van der Waals surface area contributed by atoms with E-state index in [1.807, 2.05) is 36.4 Å². The van der Waals surface area contributed by atoms with Crippen molar-refractivity contribution >= 4 is 17.8 Å². The number of carboxylic acid groups (broad SMARTS) is 1. The highest BCUT2D eigenvalue weighted by Gasteiger charge is 2.35. The van der Waals surface area contributed by atoms with Crippen molar-refractivity contribution in [1.82, 2.24) is 10.2 Å². The van der Waals surface area contributed by atoms with Gasteiger partial charge in [0, 0.05) is 11.6 Å². The molecule has 140 valence electrons. The van der Waals surface area contributed by atoms with Gasteiger partial charge in [-0.05, 0) is 30.5 Å². The van der Waals surface area contributed by atoms with Crippen LogP contribution in [0.2, 0.25) is 0 Å². The molecule has 1 atom stereocenters. The second-order valence-corrected chi connectivity index (χ2v) is 6.65. The Kier molecular flexibility index (Phi) is 5.86. The van der Waals surface area contributed by atoms with Crippen LogP contribution < -0.4 is 5.32 Å². The summed E-state index contributed by atoms with van der Waals surface area (Å²) in [6, 6.07) is 17.5. The summed E-state index contributed by atoms with van der Waals surface area (Å²) in [5.41, 5.74) is 1.32. The number of carboxylic acids is 1. The van der Waals surface area contributed by atoms with Gasteiger partial charge in [-0.1, -0.05) is 48.5 Å². The maximum absolute atomic E-state index is 12.8. The fourth-order valence-corrected chi connectivity index (χ4v) is 3.01. The van der Waals surface area contributed by atoms with Gasteiger partial charge in [-0.3, -0.25) is 14.4 Å². The van der Waals surface area contributed by atoms with Crippen molar-refractivity contribution in [2.75, 3.05) is 6.54 Å². The Morgan fingerprint density at radius 2 is 1.59 bits per heavy atom. The molecule has 2 amide bonds. The number of nitrogens with one attached hydrogen (secondary N) is 1. The Morgan fingerprint density at radius 3 is 2.15 bits per heavy atom. The molecule has 6 nitrogen and oxygen atoms in total. The highest BCUT2D eigenvalue weighted by Crippen LogP contribution is 2.29. The van der Waals surface area contributed by atoms with Gasteiger partial charge in [-0.2, -0.15) is 0 Å². The predicted octanol–water partition coefficient (Wildman–Crippen LogP) is 2.62. The summed E-state index contributed by atoms with van der Waals surface area (Å²) < 4.78 is 0. The molecule has 0 spiro atoms. The third-order valence-corrected chi connectivity index (χ3v) is 4.54. The third kappa shape index (κ3) is 5.17. The van der Waals surface area contributed by atoms with Gasteiger partial charge in [0.25, 0.3) is 5.91 Å². The molecule has 0 saturated heterocycles. The minimum absolute atomic E-state index is 0.00477. The molecule has 0 radical (unpaired) electrons. The van der Waals surface area contributed by atoms with Gasteiger partial charge >= 0.3 is 5.97 Å². The predicted molar refractivity (Wildman–Crippen MR) is 100 cm³/mol. The van der Waals surface area contributed by atoms with Crippen LogP contribution in [0.1, 0.15) is 41.2 Å². The molecule has 0 aliphatic heterocycles. The van der Waals surface area contributed by atoms with Crippen molar-refractivity contribution in [1.29, 1.82) is 0 Å². The van der Waals surface area contributed by atoms with Crippen LogP contribution in [-0.4, -0.2) is 40.4 Å². The van der Waals surface area contributed by atoms with Crippen LogP contribution in [0.25, 0.3) is 0 Å². The van der Waals surface area contributed by atoms with E-state index in [9.17, 15) is 14.4 Å². The molecule has 1 saturated carbocycles. The molecule has 1 aliphatic rings. The summed E-state index contributed by atoms with van der Waals surface area (Å²) in [4.78, 5) is 37.9. The number of carbonyl (C=O) groups is 3. The first-order valence-corrected chi connectivity index (χ1v) is 8.96. The highest BCUT2D eigenvalue weighted by atomic mass is 16.4. The molecule has 0 bridgehead atoms. The van der Waals surface area contributed by atoms with Gasteiger partial charge in [-0.25, -0.2) is 0 Å². The average Bonchev–Trinajstić information content (AvgIpc) is 3.51. The van der Waals surface area contributed by atoms with Crippen molar-refractivity contribution in [3.63, 3.8) is 0 Å². The number of benzene rings is 2. The van der Waals surface area contributed by atoms with Crippen molar-refractivity contribution in [2.45, 2.75) is 31.3 Å². The lowest BCUT2D eigenvalue weighted by molar-refractivity contribution is -0.145. The molecule has 6 heteroatoms. The minimum atomic E-state index is -1.03. The molecule has 27 heavy (non-hydrogen) atoms. The summed E-state index contributed by atoms with van der Waals surface area (Å²) >= 11 is 0. The maximum atomic E-state index is 12.8. The van der Waals surface area contributed by atoms with E-state index in [0.29, 0.717) is 5.56 Å². The average molecular weight is 366 g/mol. The maximum Gasteiger partial charge on any atom is 0.323 e. The van der Waals surface area contributed by atoms with Crippen LogP contribution >= 0.6 is 0 Å². The summed E-state index contributed by atoms with van der Waals surface area (Å²) in [6.45, 7) is -0.308. The van der Waals surface area contributed by atoms with Crippen molar-refractivity contribution < 1.29 is 19.5 Å². The van der Waals surface area contributed by atoms with Crippen LogP contribution in [-0.2, 0) is 9.59 Å². The third-order valence-electron chi connectivity index (χ3n) is 4.54. The normalized spacial score (nSPS) is 14.2. The van der Waals surface area contributed by atoms with E-state index in [4.69, 9.17) is 5.11 Å². The van der Waals surface area contributed by atoms with E-state index in [1.54, 1.807) is 24.3 Å². The van der Waals surface area contributed by atoms with Gasteiger partial charge in [0.1, 0.15) is 6.54 Å². The molecule has 0 heterocycles. The first-order chi connectivity index (χ1) is 13.0. The number of carbonyl (C=O) groups excluding carboxylic acids is 2. The van der Waals surface area contributed by atoms with Crippen LogP contribution in [0.5, 0.6) is 0 Å². The Bertz CT molecular complexity index is 803. The summed E-state index contributed by atoms with van der Waals surface area (Å²) in [5, 5.41) is 12.0. The lowest BCUT2D eigenvalue weighted by Gasteiger charge is -2.25. The second kappa shape index (κ2) is 8.49. The Hall–Kier alpha value is -3.15. The van der Waals surface area contributed by atoms with Crippen LogP contribution in [0.3, 0.4) is 0 Å². The van der Waals surface area contributed by atoms with Gasteiger partial charge in [0.15, 0.2) is 0 Å². The quantitative estimate of drug-likeness (QED) is 0.752. The van der Waals surface area contributed by atoms with E-state index in [1.165, 1.54) is 4.90 Å². The second-order valence-electron chi connectivity index (χ2n) is 6.65. The molecule has 2 N–H and O–H groups in total. The number of amides is 2. The zero-order valence-electron chi connectivity index (χ0n) is 14.9. The summed E-state index contributed by atoms with van der Waals surface area (Å²) in [6.07, 6.45) is 1.67. The van der Waals surface area contributed by atoms with Gasteiger partial charge in [0.05, 0.1) is 12.5 Å². The van der Waals surface area contributed by atoms with Crippen molar-refractivity contribution in [2.24, 2.45) is 0 Å². The SMILES string of the molecule is O=C(O)CN(C(=O)CC(NC(=O)c1ccccc1)c1ccccc1)C1CC1. The Labute approximate surface area is 157 Å². The van der Waals surface area contributed by atoms with Crippen LogP contribution in [0.4, 0.5) is 0 Å². The van der Waals surface area contributed by atoms with E-state index >= 15 is 0 Å². The molecule has 1 unspecified atom stereocenters. The van der Waals surface area contributed by atoms with Crippen LogP contribution in [0.15, 0.2) is 60.7 Å². The van der Waals surface area contributed by atoms with E-state index in [2.05, 4.69) is 5.32 Å². The zero-order valence-corrected chi connectivity index (χ0v) is 14.9. The molecular weight excluding hydrogens is 344 g/mol. The first kappa shape index (κ1) is 18.6. The lowest BCUT2D eigenvalue weighted by atomic mass is 10.0. The molecule has 2 aromatic rings. The van der Waals surface area contributed by atoms with Crippen molar-refractivity contribution in [3.05, 3.63) is 71.8 Å². The number of aliphatic carboxylic acids is 1. The number of rotatable bonds is 8. The van der Waals surface area contributed by atoms with Crippen LogP contribution in [0, 0.1) is 0 Å². The number of nitrogens with zero attached hydrogens (tertiary/aromatic N) is 1. The monoisotopic (exact) mass is 366 g/mol. The molecular formula is C21H22N2O4. The fourth-order valence-electron chi connectivity index (χ4n) is 3.01. The molecule has 1 fully saturated rings. The Balaban J connectivity index is 1.77. The van der Waals surface area contributed by atoms with Gasteiger partial charge < -0.3 is 15.3 Å². The largest absolute Gasteiger partial charge is 0.480 e. The first-order valence-electron chi connectivity index (χ1n) is 8.96. The van der Waals surface area contributed by atoms with Gasteiger partial charge in [0.2, 0.25) is 5.91 Å². The minimum Gasteiger partial charge on any atom is -0.480 e. The number of hydrogen-bond donors (Lipinski definition) is 2. The Morgan fingerprint density at radius 1 is 1.00 bits per heavy atom. The standard InChI is InChI=1S/C21H22N2O4/c24-19(23(14-20(25)26)17-11-12-17)13-18(15-7-3-1-4-8-15)22-21(27)16-9-5-2-6-10-16/h1-10,17-18H,11-14H2,(H,22,27)(H,25,26). The molecule has 2 aromatic carbocycles. The number of hydrogen-bond acceptors (Lipinski definition) is 3. The summed E-state index contributed by atoms with van der Waals surface area (Å²) in [7, 11) is 0. The molecule has 1 aliphatic carbocycles. The molecule has 0 aromatic heterocycles. The van der Waals surface area contributed by atoms with E-state index in [0.717, 1.165) is 18.4 Å². The van der Waals surface area contributed by atoms with Gasteiger partial charge in [-0.15, -0.1) is 0 Å². The topological polar surface area (TPSA) is 86.7 Å². The zero-order chi connectivity index (χ0) is 19.2. The lowest BCUT2D eigenvalue weighted by Crippen LogP contribution is -2.40. The summed E-state index contributed by atoms with van der Waals surface area (Å²) in [5.74, 6) is -1.56. The smallest absolute Gasteiger partial charge is 0.323 e. The van der Waals surface area contributed by atoms with E-state index < -0.39 is 12.0 Å². The van der Waals surface area contributed by atoms with E-state index in [-0.39, 0.29) is 30.8 Å². The highest BCUT2D eigenvalue weighted by molar-refractivity contribution is 5.94. The van der Waals surface area contributed by atoms with Crippen molar-refractivity contribution in [3.8, 4) is 0 Å². The fraction of sp³-hybridized carbons (Fsp3) is 0.286. The molecule has 3 rings (SSSR count).